The van der Waals surface area contributed by atoms with Gasteiger partial charge in [-0.2, -0.15) is 11.3 Å². The molecule has 0 aliphatic heterocycles. The summed E-state index contributed by atoms with van der Waals surface area (Å²) in [4.78, 5) is 22.1. The summed E-state index contributed by atoms with van der Waals surface area (Å²) < 4.78 is 0. The number of aromatic amines is 1. The van der Waals surface area contributed by atoms with E-state index in [1.54, 1.807) is 11.3 Å². The lowest BCUT2D eigenvalue weighted by Crippen LogP contribution is -2.34. The van der Waals surface area contributed by atoms with E-state index in [9.17, 15) is 4.79 Å². The number of carbonyl (C=O) groups excluding carboxylic acids is 1. The van der Waals surface area contributed by atoms with Crippen LogP contribution in [0.5, 0.6) is 0 Å². The van der Waals surface area contributed by atoms with E-state index >= 15 is 0 Å². The standard InChI is InChI=1S/C18H22N4OS/c1-22(2)16(13-9-10-24-12-13)11-19-18(23)8-7-17-20-14-5-3-4-6-15(14)21-17/h3-6,9-10,12,16H,7-8,11H2,1-2H3,(H,19,23)(H,20,21). The zero-order chi connectivity index (χ0) is 16.9. The first-order chi connectivity index (χ1) is 11.6. The molecule has 0 saturated carbocycles. The van der Waals surface area contributed by atoms with Gasteiger partial charge in [-0.15, -0.1) is 0 Å². The van der Waals surface area contributed by atoms with E-state index in [1.165, 1.54) is 5.56 Å². The van der Waals surface area contributed by atoms with Crippen LogP contribution in [0, 0.1) is 0 Å². The molecule has 0 spiro atoms. The van der Waals surface area contributed by atoms with E-state index in [4.69, 9.17) is 0 Å². The monoisotopic (exact) mass is 342 g/mol. The minimum Gasteiger partial charge on any atom is -0.354 e. The zero-order valence-corrected chi connectivity index (χ0v) is 14.8. The number of hydrogen-bond acceptors (Lipinski definition) is 4. The largest absolute Gasteiger partial charge is 0.354 e. The van der Waals surface area contributed by atoms with Crippen molar-refractivity contribution < 1.29 is 4.79 Å². The molecular weight excluding hydrogens is 320 g/mol. The molecule has 1 amide bonds. The Morgan fingerprint density at radius 3 is 2.88 bits per heavy atom. The first-order valence-electron chi connectivity index (χ1n) is 8.02. The third kappa shape index (κ3) is 4.01. The lowest BCUT2D eigenvalue weighted by Gasteiger charge is -2.24. The van der Waals surface area contributed by atoms with Crippen molar-refractivity contribution in [1.82, 2.24) is 20.2 Å². The number of carbonyl (C=O) groups is 1. The molecule has 126 valence electrons. The molecule has 2 heterocycles. The summed E-state index contributed by atoms with van der Waals surface area (Å²) in [6.45, 7) is 0.614. The van der Waals surface area contributed by atoms with Crippen LogP contribution in [0.2, 0.25) is 0 Å². The number of aromatic nitrogens is 2. The van der Waals surface area contributed by atoms with Crippen LogP contribution in [0.25, 0.3) is 11.0 Å². The van der Waals surface area contributed by atoms with E-state index in [1.807, 2.05) is 38.4 Å². The fourth-order valence-electron chi connectivity index (χ4n) is 2.72. The van der Waals surface area contributed by atoms with Crippen LogP contribution in [0.3, 0.4) is 0 Å². The van der Waals surface area contributed by atoms with Crippen molar-refractivity contribution in [1.29, 1.82) is 0 Å². The minimum absolute atomic E-state index is 0.0533. The second-order valence-corrected chi connectivity index (χ2v) is 6.82. The van der Waals surface area contributed by atoms with Crippen LogP contribution >= 0.6 is 11.3 Å². The number of imidazole rings is 1. The normalized spacial score (nSPS) is 12.6. The van der Waals surface area contributed by atoms with Gasteiger partial charge in [0.25, 0.3) is 0 Å². The van der Waals surface area contributed by atoms with Crippen LogP contribution in [-0.2, 0) is 11.2 Å². The van der Waals surface area contributed by atoms with Gasteiger partial charge in [0.1, 0.15) is 5.82 Å². The lowest BCUT2D eigenvalue weighted by molar-refractivity contribution is -0.121. The third-order valence-electron chi connectivity index (χ3n) is 4.07. The van der Waals surface area contributed by atoms with Gasteiger partial charge in [-0.1, -0.05) is 12.1 Å². The van der Waals surface area contributed by atoms with E-state index in [-0.39, 0.29) is 11.9 Å². The average Bonchev–Trinajstić information content (AvgIpc) is 3.22. The molecule has 24 heavy (non-hydrogen) atoms. The summed E-state index contributed by atoms with van der Waals surface area (Å²) >= 11 is 1.68. The van der Waals surface area contributed by atoms with E-state index in [0.717, 1.165) is 16.9 Å². The molecule has 0 fully saturated rings. The van der Waals surface area contributed by atoms with Gasteiger partial charge in [0, 0.05) is 19.4 Å². The van der Waals surface area contributed by atoms with Gasteiger partial charge in [0.2, 0.25) is 5.91 Å². The van der Waals surface area contributed by atoms with Crippen molar-refractivity contribution in [3.05, 3.63) is 52.5 Å². The Balaban J connectivity index is 1.51. The predicted octanol–water partition coefficient (Wildman–Crippen LogP) is 2.98. The summed E-state index contributed by atoms with van der Waals surface area (Å²) in [6, 6.07) is 10.2. The zero-order valence-electron chi connectivity index (χ0n) is 14.0. The molecule has 0 aliphatic carbocycles. The highest BCUT2D eigenvalue weighted by atomic mass is 32.1. The number of amides is 1. The number of nitrogens with one attached hydrogen (secondary N) is 2. The molecule has 1 atom stereocenters. The number of rotatable bonds is 7. The molecule has 5 nitrogen and oxygen atoms in total. The molecule has 2 aromatic heterocycles. The highest BCUT2D eigenvalue weighted by Gasteiger charge is 2.15. The molecular formula is C18H22N4OS. The Kier molecular flexibility index (Phi) is 5.27. The van der Waals surface area contributed by atoms with E-state index < -0.39 is 0 Å². The fourth-order valence-corrected chi connectivity index (χ4v) is 3.43. The van der Waals surface area contributed by atoms with Crippen molar-refractivity contribution in [2.75, 3.05) is 20.6 Å². The molecule has 0 bridgehead atoms. The maximum absolute atomic E-state index is 12.2. The van der Waals surface area contributed by atoms with Crippen LogP contribution in [0.4, 0.5) is 0 Å². The number of aryl methyl sites for hydroxylation is 1. The summed E-state index contributed by atoms with van der Waals surface area (Å²) in [5.41, 5.74) is 3.19. The second-order valence-electron chi connectivity index (χ2n) is 6.04. The molecule has 1 aromatic carbocycles. The van der Waals surface area contributed by atoms with Gasteiger partial charge in [-0.05, 0) is 48.6 Å². The molecule has 3 aromatic rings. The van der Waals surface area contributed by atoms with Crippen LogP contribution < -0.4 is 5.32 Å². The first kappa shape index (κ1) is 16.7. The number of nitrogens with zero attached hydrogens (tertiary/aromatic N) is 2. The Morgan fingerprint density at radius 2 is 2.17 bits per heavy atom. The maximum Gasteiger partial charge on any atom is 0.220 e. The van der Waals surface area contributed by atoms with Crippen molar-refractivity contribution in [3.63, 3.8) is 0 Å². The smallest absolute Gasteiger partial charge is 0.220 e. The Bertz CT molecular complexity index is 761. The SMILES string of the molecule is CN(C)C(CNC(=O)CCc1nc2ccccc2[nH]1)c1ccsc1. The minimum atomic E-state index is 0.0533. The van der Waals surface area contributed by atoms with Crippen LogP contribution in [0.1, 0.15) is 23.9 Å². The molecule has 1 unspecified atom stereocenters. The van der Waals surface area contributed by atoms with Gasteiger partial charge in [0.15, 0.2) is 0 Å². The summed E-state index contributed by atoms with van der Waals surface area (Å²) in [5.74, 6) is 0.908. The van der Waals surface area contributed by atoms with Crippen molar-refractivity contribution in [2.45, 2.75) is 18.9 Å². The number of hydrogen-bond donors (Lipinski definition) is 2. The fraction of sp³-hybridized carbons (Fsp3) is 0.333. The Morgan fingerprint density at radius 1 is 1.33 bits per heavy atom. The number of likely N-dealkylation sites (N-methyl/N-ethyl adjacent to an activating group) is 1. The maximum atomic E-state index is 12.2. The third-order valence-corrected chi connectivity index (χ3v) is 4.77. The average molecular weight is 342 g/mol. The quantitative estimate of drug-likeness (QED) is 0.694. The van der Waals surface area contributed by atoms with Gasteiger partial charge in [0.05, 0.1) is 17.1 Å². The predicted molar refractivity (Wildman–Crippen MR) is 98.2 cm³/mol. The summed E-state index contributed by atoms with van der Waals surface area (Å²) in [6.07, 6.45) is 1.05. The van der Waals surface area contributed by atoms with E-state index in [0.29, 0.717) is 19.4 Å². The van der Waals surface area contributed by atoms with Crippen LogP contribution in [0.15, 0.2) is 41.1 Å². The van der Waals surface area contributed by atoms with Crippen molar-refractivity contribution in [3.8, 4) is 0 Å². The molecule has 0 aliphatic rings. The van der Waals surface area contributed by atoms with Crippen molar-refractivity contribution in [2.24, 2.45) is 0 Å². The first-order valence-corrected chi connectivity index (χ1v) is 8.96. The molecule has 6 heteroatoms. The van der Waals surface area contributed by atoms with E-state index in [2.05, 4.69) is 37.0 Å². The number of fused-ring (bicyclic) bond motifs is 1. The van der Waals surface area contributed by atoms with Gasteiger partial charge >= 0.3 is 0 Å². The molecule has 2 N–H and O–H groups in total. The number of H-pyrrole nitrogens is 1. The highest BCUT2D eigenvalue weighted by molar-refractivity contribution is 7.07. The Labute approximate surface area is 145 Å². The van der Waals surface area contributed by atoms with Crippen molar-refractivity contribution >= 4 is 28.3 Å². The molecule has 3 rings (SSSR count). The van der Waals surface area contributed by atoms with Gasteiger partial charge in [-0.3, -0.25) is 4.79 Å². The van der Waals surface area contributed by atoms with Crippen LogP contribution in [-0.4, -0.2) is 41.4 Å². The summed E-state index contributed by atoms with van der Waals surface area (Å²) in [7, 11) is 4.06. The Hall–Kier alpha value is -2.18. The number of para-hydroxylation sites is 2. The molecule has 0 radical (unpaired) electrons. The highest BCUT2D eigenvalue weighted by Crippen LogP contribution is 2.20. The second kappa shape index (κ2) is 7.59. The lowest BCUT2D eigenvalue weighted by atomic mass is 10.1. The number of thiophene rings is 1. The number of benzene rings is 1. The summed E-state index contributed by atoms with van der Waals surface area (Å²) in [5, 5.41) is 7.23. The van der Waals surface area contributed by atoms with Gasteiger partial charge in [-0.25, -0.2) is 4.98 Å². The topological polar surface area (TPSA) is 61.0 Å². The molecule has 0 saturated heterocycles. The van der Waals surface area contributed by atoms with Gasteiger partial charge < -0.3 is 15.2 Å².